The first-order valence-corrected chi connectivity index (χ1v) is 11.7. The molecule has 0 fully saturated rings. The zero-order valence-electron chi connectivity index (χ0n) is 16.2. The number of fused-ring (bicyclic) bond motifs is 1. The Morgan fingerprint density at radius 1 is 0.806 bits per heavy atom. The van der Waals surface area contributed by atoms with Gasteiger partial charge in [-0.15, -0.1) is 0 Å². The van der Waals surface area contributed by atoms with Crippen LogP contribution in [0.15, 0.2) is 77.7 Å². The summed E-state index contributed by atoms with van der Waals surface area (Å²) in [5.74, 6) is 1.10. The zero-order chi connectivity index (χ0) is 21.8. The van der Waals surface area contributed by atoms with Crippen molar-refractivity contribution >= 4 is 49.9 Å². The molecule has 158 valence electrons. The van der Waals surface area contributed by atoms with Crippen molar-refractivity contribution in [2.24, 2.45) is 0 Å². The number of halogens is 2. The first-order valence-electron chi connectivity index (χ1n) is 9.45. The summed E-state index contributed by atoms with van der Waals surface area (Å²) in [6, 6.07) is 21.0. The van der Waals surface area contributed by atoms with Gasteiger partial charge >= 0.3 is 0 Å². The molecule has 0 radical (unpaired) electrons. The number of anilines is 1. The molecule has 4 rings (SSSR count). The topological polar surface area (TPSA) is 84.0 Å². The number of aromatic nitrogens is 2. The van der Waals surface area contributed by atoms with Gasteiger partial charge in [0, 0.05) is 29.1 Å². The van der Waals surface area contributed by atoms with E-state index in [0.717, 1.165) is 16.5 Å². The predicted octanol–water partition coefficient (Wildman–Crippen LogP) is 4.99. The largest absolute Gasteiger partial charge is 0.368 e. The molecular weight excluding hydrogens is 455 g/mol. The van der Waals surface area contributed by atoms with Crippen LogP contribution < -0.4 is 10.0 Å². The lowest BCUT2D eigenvalue weighted by Crippen LogP contribution is -2.29. The highest BCUT2D eigenvalue weighted by Gasteiger charge is 2.14. The van der Waals surface area contributed by atoms with E-state index in [9.17, 15) is 8.42 Å². The Hall–Kier alpha value is -2.71. The molecule has 3 aromatic carbocycles. The Labute approximate surface area is 190 Å². The lowest BCUT2D eigenvalue weighted by Gasteiger charge is -2.12. The smallest absolute Gasteiger partial charge is 0.240 e. The summed E-state index contributed by atoms with van der Waals surface area (Å²) >= 11 is 12.1. The van der Waals surface area contributed by atoms with Gasteiger partial charge in [-0.25, -0.2) is 23.1 Å². The second kappa shape index (κ2) is 9.20. The highest BCUT2D eigenvalue weighted by molar-refractivity contribution is 7.89. The van der Waals surface area contributed by atoms with Gasteiger partial charge in [-0.2, -0.15) is 0 Å². The Kier molecular flexibility index (Phi) is 6.38. The Balaban J connectivity index is 1.53. The van der Waals surface area contributed by atoms with Crippen LogP contribution in [0.4, 0.5) is 5.82 Å². The third kappa shape index (κ3) is 4.97. The van der Waals surface area contributed by atoms with Crippen molar-refractivity contribution in [3.05, 3.63) is 82.8 Å². The molecule has 0 saturated carbocycles. The van der Waals surface area contributed by atoms with Crippen molar-refractivity contribution in [2.45, 2.75) is 4.90 Å². The van der Waals surface area contributed by atoms with Crippen molar-refractivity contribution < 1.29 is 8.42 Å². The SMILES string of the molecule is O=S(=O)(NCCNc1nc(-c2ccccc2Cl)nc2ccccc12)c1ccc(Cl)cc1. The van der Waals surface area contributed by atoms with Gasteiger partial charge in [-0.05, 0) is 48.5 Å². The van der Waals surface area contributed by atoms with Crippen molar-refractivity contribution in [2.75, 3.05) is 18.4 Å². The second-order valence-corrected chi connectivity index (χ2v) is 9.28. The van der Waals surface area contributed by atoms with E-state index in [1.54, 1.807) is 6.07 Å². The molecule has 9 heteroatoms. The molecule has 6 nitrogen and oxygen atoms in total. The maximum absolute atomic E-state index is 12.4. The normalized spacial score (nSPS) is 11.5. The van der Waals surface area contributed by atoms with Crippen LogP contribution in [-0.4, -0.2) is 31.5 Å². The molecule has 0 unspecified atom stereocenters. The average molecular weight is 473 g/mol. The monoisotopic (exact) mass is 472 g/mol. The van der Waals surface area contributed by atoms with Crippen molar-refractivity contribution in [3.63, 3.8) is 0 Å². The molecule has 1 heterocycles. The van der Waals surface area contributed by atoms with Gasteiger partial charge in [0.15, 0.2) is 5.82 Å². The van der Waals surface area contributed by atoms with Crippen LogP contribution in [0.3, 0.4) is 0 Å². The molecule has 0 bridgehead atoms. The van der Waals surface area contributed by atoms with Crippen molar-refractivity contribution in [3.8, 4) is 11.4 Å². The number of para-hydroxylation sites is 1. The summed E-state index contributed by atoms with van der Waals surface area (Å²) in [5, 5.41) is 5.07. The second-order valence-electron chi connectivity index (χ2n) is 6.67. The Morgan fingerprint density at radius 2 is 1.52 bits per heavy atom. The fourth-order valence-corrected chi connectivity index (χ4v) is 4.42. The van der Waals surface area contributed by atoms with Crippen LogP contribution in [-0.2, 0) is 10.0 Å². The van der Waals surface area contributed by atoms with Gasteiger partial charge in [0.1, 0.15) is 5.82 Å². The summed E-state index contributed by atoms with van der Waals surface area (Å²) < 4.78 is 27.4. The fourth-order valence-electron chi connectivity index (χ4n) is 3.04. The minimum atomic E-state index is -3.63. The molecule has 0 spiro atoms. The number of hydrogen-bond acceptors (Lipinski definition) is 5. The van der Waals surface area contributed by atoms with Crippen LogP contribution in [0.1, 0.15) is 0 Å². The van der Waals surface area contributed by atoms with E-state index in [4.69, 9.17) is 23.2 Å². The van der Waals surface area contributed by atoms with Crippen molar-refractivity contribution in [1.29, 1.82) is 0 Å². The van der Waals surface area contributed by atoms with Crippen LogP contribution in [0, 0.1) is 0 Å². The molecule has 1 aromatic heterocycles. The number of nitrogens with zero attached hydrogens (tertiary/aromatic N) is 2. The van der Waals surface area contributed by atoms with E-state index >= 15 is 0 Å². The summed E-state index contributed by atoms with van der Waals surface area (Å²) in [6.45, 7) is 0.501. The molecule has 0 amide bonds. The molecule has 0 aliphatic rings. The molecule has 0 aliphatic carbocycles. The van der Waals surface area contributed by atoms with Gasteiger partial charge in [0.05, 0.1) is 15.4 Å². The van der Waals surface area contributed by atoms with Crippen LogP contribution in [0.2, 0.25) is 10.0 Å². The summed E-state index contributed by atoms with van der Waals surface area (Å²) in [7, 11) is -3.63. The maximum Gasteiger partial charge on any atom is 0.240 e. The number of rotatable bonds is 7. The van der Waals surface area contributed by atoms with Gasteiger partial charge in [0.2, 0.25) is 10.0 Å². The molecule has 31 heavy (non-hydrogen) atoms. The van der Waals surface area contributed by atoms with Gasteiger partial charge < -0.3 is 5.32 Å². The fraction of sp³-hybridized carbons (Fsp3) is 0.0909. The third-order valence-electron chi connectivity index (χ3n) is 4.55. The molecule has 2 N–H and O–H groups in total. The molecule has 0 atom stereocenters. The van der Waals surface area contributed by atoms with Crippen LogP contribution in [0.25, 0.3) is 22.3 Å². The van der Waals surface area contributed by atoms with Gasteiger partial charge in [-0.3, -0.25) is 0 Å². The quantitative estimate of drug-likeness (QED) is 0.370. The third-order valence-corrected chi connectivity index (χ3v) is 6.61. The Bertz CT molecular complexity index is 1330. The van der Waals surface area contributed by atoms with Crippen LogP contribution in [0.5, 0.6) is 0 Å². The highest BCUT2D eigenvalue weighted by Crippen LogP contribution is 2.29. The van der Waals surface area contributed by atoms with E-state index in [2.05, 4.69) is 20.0 Å². The summed E-state index contributed by atoms with van der Waals surface area (Å²) in [5.41, 5.74) is 1.48. The average Bonchev–Trinajstić information content (AvgIpc) is 2.77. The Morgan fingerprint density at radius 3 is 2.29 bits per heavy atom. The standard InChI is InChI=1S/C22H18Cl2N4O2S/c23-15-9-11-16(12-10-15)31(29,30)26-14-13-25-21-18-6-2-4-8-20(18)27-22(28-21)17-5-1-3-7-19(17)24/h1-12,26H,13-14H2,(H,25,27,28). The van der Waals surface area contributed by atoms with E-state index in [0.29, 0.717) is 28.2 Å². The number of nitrogens with one attached hydrogen (secondary N) is 2. The first-order chi connectivity index (χ1) is 14.9. The van der Waals surface area contributed by atoms with Crippen LogP contribution >= 0.6 is 23.2 Å². The van der Waals surface area contributed by atoms with E-state index in [1.165, 1.54) is 24.3 Å². The molecule has 0 saturated heterocycles. The van der Waals surface area contributed by atoms with Gasteiger partial charge in [-0.1, -0.05) is 47.5 Å². The summed E-state index contributed by atoms with van der Waals surface area (Å²) in [6.07, 6.45) is 0. The zero-order valence-corrected chi connectivity index (χ0v) is 18.5. The van der Waals surface area contributed by atoms with Crippen molar-refractivity contribution in [1.82, 2.24) is 14.7 Å². The minimum Gasteiger partial charge on any atom is -0.368 e. The molecule has 4 aromatic rings. The lowest BCUT2D eigenvalue weighted by molar-refractivity contribution is 0.583. The minimum absolute atomic E-state index is 0.158. The van der Waals surface area contributed by atoms with E-state index < -0.39 is 10.0 Å². The number of sulfonamides is 1. The number of hydrogen-bond donors (Lipinski definition) is 2. The van der Waals surface area contributed by atoms with E-state index in [-0.39, 0.29) is 11.4 Å². The molecular formula is C22H18Cl2N4O2S. The molecule has 0 aliphatic heterocycles. The predicted molar refractivity (Wildman–Crippen MR) is 125 cm³/mol. The first kappa shape index (κ1) is 21.5. The van der Waals surface area contributed by atoms with Gasteiger partial charge in [0.25, 0.3) is 0 Å². The summed E-state index contributed by atoms with van der Waals surface area (Å²) in [4.78, 5) is 9.42. The highest BCUT2D eigenvalue weighted by atomic mass is 35.5. The lowest BCUT2D eigenvalue weighted by atomic mass is 10.2. The number of benzene rings is 3. The maximum atomic E-state index is 12.4. The van der Waals surface area contributed by atoms with E-state index in [1.807, 2.05) is 42.5 Å².